The van der Waals surface area contributed by atoms with Crippen LogP contribution in [0.1, 0.15) is 42.6 Å². The summed E-state index contributed by atoms with van der Waals surface area (Å²) in [5.74, 6) is 0.298. The molecule has 3 rings (SSSR count). The standard InChI is InChI=1S/C16H26N4O.2ClH/c1-11-15(12(2)19(3)18-11)6-7-16(21)20-9-8-13-4-5-14(10-20)17-13;;/h13-14,17H,4-10H2,1-3H3;2*1H. The van der Waals surface area contributed by atoms with Gasteiger partial charge in [0, 0.05) is 44.3 Å². The number of hydrogen-bond donors (Lipinski definition) is 1. The molecule has 2 atom stereocenters. The van der Waals surface area contributed by atoms with Crippen molar-refractivity contribution in [2.75, 3.05) is 13.1 Å². The first-order chi connectivity index (χ1) is 10.0. The van der Waals surface area contributed by atoms with Crippen molar-refractivity contribution in [3.8, 4) is 0 Å². The van der Waals surface area contributed by atoms with Crippen molar-refractivity contribution in [3.05, 3.63) is 17.0 Å². The minimum absolute atomic E-state index is 0. The Kier molecular flexibility index (Phi) is 7.36. The topological polar surface area (TPSA) is 50.2 Å². The van der Waals surface area contributed by atoms with Gasteiger partial charge in [-0.1, -0.05) is 0 Å². The van der Waals surface area contributed by atoms with E-state index in [1.807, 2.05) is 18.7 Å². The molecule has 0 aliphatic carbocycles. The number of hydrogen-bond acceptors (Lipinski definition) is 3. The van der Waals surface area contributed by atoms with Crippen LogP contribution in [0.25, 0.3) is 0 Å². The first-order valence-corrected chi connectivity index (χ1v) is 8.07. The molecule has 1 aromatic heterocycles. The second-order valence-corrected chi connectivity index (χ2v) is 6.54. The van der Waals surface area contributed by atoms with Crippen LogP contribution in [0.3, 0.4) is 0 Å². The largest absolute Gasteiger partial charge is 0.341 e. The molecule has 23 heavy (non-hydrogen) atoms. The summed E-state index contributed by atoms with van der Waals surface area (Å²) < 4.78 is 1.91. The van der Waals surface area contributed by atoms with E-state index in [2.05, 4.69) is 22.2 Å². The van der Waals surface area contributed by atoms with E-state index in [9.17, 15) is 4.79 Å². The highest BCUT2D eigenvalue weighted by Gasteiger charge is 2.30. The molecule has 0 radical (unpaired) electrons. The number of fused-ring (bicyclic) bond motifs is 2. The molecular weight excluding hydrogens is 335 g/mol. The number of carbonyl (C=O) groups excluding carboxylic acids is 1. The fourth-order valence-electron chi connectivity index (χ4n) is 3.74. The van der Waals surface area contributed by atoms with Gasteiger partial charge in [-0.05, 0) is 45.1 Å². The van der Waals surface area contributed by atoms with E-state index >= 15 is 0 Å². The Morgan fingerprint density at radius 2 is 1.91 bits per heavy atom. The summed E-state index contributed by atoms with van der Waals surface area (Å²) in [6.07, 6.45) is 5.01. The molecule has 1 amide bonds. The van der Waals surface area contributed by atoms with E-state index in [0.29, 0.717) is 24.4 Å². The SMILES string of the molecule is Cc1nn(C)c(C)c1CCC(=O)N1CCC2CCC(C1)N2.Cl.Cl. The summed E-state index contributed by atoms with van der Waals surface area (Å²) in [6.45, 7) is 5.91. The highest BCUT2D eigenvalue weighted by atomic mass is 35.5. The Labute approximate surface area is 151 Å². The molecule has 3 heterocycles. The summed E-state index contributed by atoms with van der Waals surface area (Å²) in [4.78, 5) is 14.6. The average molecular weight is 363 g/mol. The van der Waals surface area contributed by atoms with Crippen LogP contribution in [0.4, 0.5) is 0 Å². The van der Waals surface area contributed by atoms with Crippen molar-refractivity contribution in [1.82, 2.24) is 20.0 Å². The number of halogens is 2. The lowest BCUT2D eigenvalue weighted by Crippen LogP contribution is -2.39. The minimum Gasteiger partial charge on any atom is -0.341 e. The Morgan fingerprint density at radius 1 is 1.22 bits per heavy atom. The van der Waals surface area contributed by atoms with Crippen molar-refractivity contribution in [1.29, 1.82) is 0 Å². The number of rotatable bonds is 3. The van der Waals surface area contributed by atoms with Crippen LogP contribution in [0.2, 0.25) is 0 Å². The Balaban J connectivity index is 0.00000132. The van der Waals surface area contributed by atoms with Gasteiger partial charge in [-0.3, -0.25) is 9.48 Å². The Hall–Kier alpha value is -0.780. The van der Waals surface area contributed by atoms with Crippen LogP contribution in [0.5, 0.6) is 0 Å². The Morgan fingerprint density at radius 3 is 2.57 bits per heavy atom. The van der Waals surface area contributed by atoms with Crippen LogP contribution < -0.4 is 5.32 Å². The van der Waals surface area contributed by atoms with Crippen LogP contribution in [0.15, 0.2) is 0 Å². The highest BCUT2D eigenvalue weighted by Crippen LogP contribution is 2.21. The molecule has 1 aromatic rings. The predicted molar refractivity (Wildman–Crippen MR) is 96.6 cm³/mol. The molecule has 0 aromatic carbocycles. The van der Waals surface area contributed by atoms with Crippen molar-refractivity contribution in [2.24, 2.45) is 7.05 Å². The normalized spacial score (nSPS) is 23.0. The molecular formula is C16H28Cl2N4O. The van der Waals surface area contributed by atoms with Gasteiger partial charge >= 0.3 is 0 Å². The minimum atomic E-state index is 0. The Bertz CT molecular complexity index is 546. The number of nitrogens with one attached hydrogen (secondary N) is 1. The molecule has 0 saturated carbocycles. The molecule has 0 spiro atoms. The second kappa shape index (κ2) is 8.36. The van der Waals surface area contributed by atoms with E-state index in [0.717, 1.165) is 31.6 Å². The van der Waals surface area contributed by atoms with Crippen LogP contribution in [-0.2, 0) is 18.3 Å². The molecule has 2 aliphatic heterocycles. The maximum Gasteiger partial charge on any atom is 0.222 e. The smallest absolute Gasteiger partial charge is 0.222 e. The molecule has 2 aliphatic rings. The molecule has 5 nitrogen and oxygen atoms in total. The third-order valence-corrected chi connectivity index (χ3v) is 5.12. The van der Waals surface area contributed by atoms with Gasteiger partial charge < -0.3 is 10.2 Å². The fraction of sp³-hybridized carbons (Fsp3) is 0.750. The molecule has 2 saturated heterocycles. The second-order valence-electron chi connectivity index (χ2n) is 6.54. The van der Waals surface area contributed by atoms with Crippen LogP contribution in [-0.4, -0.2) is 45.8 Å². The number of carbonyl (C=O) groups is 1. The van der Waals surface area contributed by atoms with Gasteiger partial charge in [-0.25, -0.2) is 0 Å². The van der Waals surface area contributed by atoms with Gasteiger partial charge in [0.05, 0.1) is 5.69 Å². The molecule has 1 N–H and O–H groups in total. The van der Waals surface area contributed by atoms with Crippen molar-refractivity contribution in [3.63, 3.8) is 0 Å². The fourth-order valence-corrected chi connectivity index (χ4v) is 3.74. The molecule has 7 heteroatoms. The van der Waals surface area contributed by atoms with Gasteiger partial charge in [-0.2, -0.15) is 5.10 Å². The lowest BCUT2D eigenvalue weighted by Gasteiger charge is -2.24. The zero-order valence-electron chi connectivity index (χ0n) is 14.2. The zero-order chi connectivity index (χ0) is 15.0. The van der Waals surface area contributed by atoms with Gasteiger partial charge in [0.1, 0.15) is 0 Å². The number of amides is 1. The average Bonchev–Trinajstić information content (AvgIpc) is 2.88. The van der Waals surface area contributed by atoms with E-state index in [-0.39, 0.29) is 24.8 Å². The maximum atomic E-state index is 12.5. The van der Waals surface area contributed by atoms with Gasteiger partial charge in [0.2, 0.25) is 5.91 Å². The monoisotopic (exact) mass is 362 g/mol. The van der Waals surface area contributed by atoms with Gasteiger partial charge in [0.25, 0.3) is 0 Å². The number of nitrogens with zero attached hydrogens (tertiary/aromatic N) is 3. The van der Waals surface area contributed by atoms with Gasteiger partial charge in [0.15, 0.2) is 0 Å². The summed E-state index contributed by atoms with van der Waals surface area (Å²) in [6, 6.07) is 1.15. The predicted octanol–water partition coefficient (Wildman–Crippen LogP) is 2.17. The van der Waals surface area contributed by atoms with E-state index in [4.69, 9.17) is 0 Å². The van der Waals surface area contributed by atoms with Crippen molar-refractivity contribution in [2.45, 2.75) is 58.0 Å². The number of aromatic nitrogens is 2. The van der Waals surface area contributed by atoms with Crippen LogP contribution >= 0.6 is 24.8 Å². The van der Waals surface area contributed by atoms with Gasteiger partial charge in [-0.15, -0.1) is 24.8 Å². The summed E-state index contributed by atoms with van der Waals surface area (Å²) in [5, 5.41) is 8.05. The zero-order valence-corrected chi connectivity index (χ0v) is 15.8. The summed E-state index contributed by atoms with van der Waals surface area (Å²) in [7, 11) is 1.96. The lowest BCUT2D eigenvalue weighted by atomic mass is 10.1. The first kappa shape index (κ1) is 20.3. The van der Waals surface area contributed by atoms with Crippen molar-refractivity contribution >= 4 is 30.7 Å². The molecule has 2 fully saturated rings. The maximum absolute atomic E-state index is 12.5. The first-order valence-electron chi connectivity index (χ1n) is 8.07. The number of likely N-dealkylation sites (tertiary alicyclic amines) is 1. The van der Waals surface area contributed by atoms with E-state index in [1.165, 1.54) is 24.1 Å². The third kappa shape index (κ3) is 4.40. The summed E-state index contributed by atoms with van der Waals surface area (Å²) >= 11 is 0. The number of aryl methyl sites for hydroxylation is 2. The van der Waals surface area contributed by atoms with Crippen molar-refractivity contribution < 1.29 is 4.79 Å². The van der Waals surface area contributed by atoms with E-state index in [1.54, 1.807) is 0 Å². The van der Waals surface area contributed by atoms with E-state index < -0.39 is 0 Å². The molecule has 132 valence electrons. The molecule has 2 unspecified atom stereocenters. The molecule has 2 bridgehead atoms. The quantitative estimate of drug-likeness (QED) is 0.896. The van der Waals surface area contributed by atoms with Crippen LogP contribution in [0, 0.1) is 13.8 Å². The third-order valence-electron chi connectivity index (χ3n) is 5.12. The lowest BCUT2D eigenvalue weighted by molar-refractivity contribution is -0.131. The highest BCUT2D eigenvalue weighted by molar-refractivity contribution is 5.85. The summed E-state index contributed by atoms with van der Waals surface area (Å²) in [5.41, 5.74) is 3.47.